The van der Waals surface area contributed by atoms with Gasteiger partial charge in [0.1, 0.15) is 0 Å². The number of para-hydroxylation sites is 1. The Hall–Kier alpha value is -3.41. The molecule has 2 aromatic heterocycles. The topological polar surface area (TPSA) is 75.1 Å². The first-order valence-corrected chi connectivity index (χ1v) is 9.29. The number of nitrogens with zero attached hydrogens (tertiary/aromatic N) is 3. The summed E-state index contributed by atoms with van der Waals surface area (Å²) >= 11 is 0. The Bertz CT molecular complexity index is 1120. The highest BCUT2D eigenvalue weighted by Crippen LogP contribution is 2.16. The zero-order chi connectivity index (χ0) is 20.1. The number of allylic oxidation sites excluding steroid dienone is 5. The number of aryl methyl sites for hydroxylation is 1. The summed E-state index contributed by atoms with van der Waals surface area (Å²) in [6, 6.07) is 9.66. The lowest BCUT2D eigenvalue weighted by Gasteiger charge is -2.10. The van der Waals surface area contributed by atoms with Crippen LogP contribution in [0.4, 0.5) is 5.69 Å². The van der Waals surface area contributed by atoms with Crippen molar-refractivity contribution in [3.63, 3.8) is 0 Å². The first-order chi connectivity index (χ1) is 13.5. The van der Waals surface area contributed by atoms with Gasteiger partial charge in [0, 0.05) is 11.8 Å². The van der Waals surface area contributed by atoms with Gasteiger partial charge in [-0.2, -0.15) is 9.50 Å². The molecule has 0 saturated carbocycles. The van der Waals surface area contributed by atoms with Gasteiger partial charge in [0.15, 0.2) is 5.82 Å². The van der Waals surface area contributed by atoms with Crippen LogP contribution in [0.5, 0.6) is 0 Å². The van der Waals surface area contributed by atoms with Crippen LogP contribution in [0.3, 0.4) is 0 Å². The fourth-order valence-corrected chi connectivity index (χ4v) is 2.82. The molecule has 2 heterocycles. The molecule has 0 spiro atoms. The van der Waals surface area contributed by atoms with Crippen molar-refractivity contribution < 1.29 is 0 Å². The van der Waals surface area contributed by atoms with Gasteiger partial charge in [0.25, 0.3) is 11.3 Å². The quantitative estimate of drug-likeness (QED) is 0.609. The average Bonchev–Trinajstić information content (AvgIpc) is 3.11. The number of rotatable bonds is 7. The fraction of sp³-hybridized carbons (Fsp3) is 0.227. The summed E-state index contributed by atoms with van der Waals surface area (Å²) in [5.74, 6) is 0.970. The predicted octanol–water partition coefficient (Wildman–Crippen LogP) is 4.13. The lowest BCUT2D eigenvalue weighted by atomic mass is 10.1. The van der Waals surface area contributed by atoms with E-state index in [4.69, 9.17) is 0 Å². The molecule has 0 atom stereocenters. The predicted molar refractivity (Wildman–Crippen MR) is 114 cm³/mol. The zero-order valence-electron chi connectivity index (χ0n) is 16.5. The highest BCUT2D eigenvalue weighted by atomic mass is 16.1. The van der Waals surface area contributed by atoms with E-state index < -0.39 is 0 Å². The molecule has 6 heteroatoms. The minimum absolute atomic E-state index is 0.186. The first kappa shape index (κ1) is 19.4. The van der Waals surface area contributed by atoms with E-state index >= 15 is 0 Å². The SMILES string of the molecule is C=C(C)/C=C\C=C(/C)c1nc2nc(CNc3ccccc3CC)cc(=O)n2[nH]1. The van der Waals surface area contributed by atoms with E-state index in [1.165, 1.54) is 16.1 Å². The van der Waals surface area contributed by atoms with Crippen LogP contribution in [-0.2, 0) is 13.0 Å². The lowest BCUT2D eigenvalue weighted by Crippen LogP contribution is -2.17. The van der Waals surface area contributed by atoms with Gasteiger partial charge in [-0.1, -0.05) is 55.5 Å². The number of H-pyrrole nitrogens is 1. The third-order valence-electron chi connectivity index (χ3n) is 4.34. The van der Waals surface area contributed by atoms with Crippen LogP contribution in [0, 0.1) is 0 Å². The summed E-state index contributed by atoms with van der Waals surface area (Å²) in [5, 5.41) is 6.37. The second kappa shape index (κ2) is 8.52. The summed E-state index contributed by atoms with van der Waals surface area (Å²) in [6.07, 6.45) is 6.67. The van der Waals surface area contributed by atoms with Crippen molar-refractivity contribution in [1.82, 2.24) is 19.6 Å². The number of anilines is 1. The van der Waals surface area contributed by atoms with Crippen molar-refractivity contribution in [1.29, 1.82) is 0 Å². The van der Waals surface area contributed by atoms with Gasteiger partial charge in [-0.05, 0) is 37.5 Å². The van der Waals surface area contributed by atoms with Crippen LogP contribution < -0.4 is 10.9 Å². The number of aromatic amines is 1. The van der Waals surface area contributed by atoms with Crippen LogP contribution in [0.15, 0.2) is 65.5 Å². The van der Waals surface area contributed by atoms with Crippen molar-refractivity contribution in [2.45, 2.75) is 33.7 Å². The number of nitrogens with one attached hydrogen (secondary N) is 2. The zero-order valence-corrected chi connectivity index (χ0v) is 16.5. The molecule has 0 bridgehead atoms. The number of fused-ring (bicyclic) bond motifs is 1. The van der Waals surface area contributed by atoms with Gasteiger partial charge in [-0.25, -0.2) is 4.98 Å². The summed E-state index contributed by atoms with van der Waals surface area (Å²) in [4.78, 5) is 21.4. The Balaban J connectivity index is 1.84. The molecule has 0 amide bonds. The van der Waals surface area contributed by atoms with Crippen molar-refractivity contribution in [3.05, 3.63) is 88.1 Å². The molecule has 0 radical (unpaired) electrons. The molecule has 6 nitrogen and oxygen atoms in total. The Labute approximate surface area is 164 Å². The van der Waals surface area contributed by atoms with Crippen molar-refractivity contribution in [2.75, 3.05) is 5.32 Å². The molecule has 0 aliphatic rings. The highest BCUT2D eigenvalue weighted by Gasteiger charge is 2.09. The summed E-state index contributed by atoms with van der Waals surface area (Å²) in [6.45, 7) is 10.3. The van der Waals surface area contributed by atoms with Crippen LogP contribution in [0.25, 0.3) is 11.4 Å². The minimum atomic E-state index is -0.186. The molecule has 0 fully saturated rings. The van der Waals surface area contributed by atoms with Gasteiger partial charge in [0.05, 0.1) is 12.2 Å². The molecule has 144 valence electrons. The van der Waals surface area contributed by atoms with Gasteiger partial charge in [-0.15, -0.1) is 0 Å². The molecular formula is C22H25N5O. The van der Waals surface area contributed by atoms with Crippen LogP contribution in [-0.4, -0.2) is 19.6 Å². The van der Waals surface area contributed by atoms with Gasteiger partial charge in [0.2, 0.25) is 0 Å². The Morgan fingerprint density at radius 1 is 1.29 bits per heavy atom. The van der Waals surface area contributed by atoms with Gasteiger partial charge < -0.3 is 5.32 Å². The maximum absolute atomic E-state index is 12.5. The largest absolute Gasteiger partial charge is 0.379 e. The number of hydrogen-bond donors (Lipinski definition) is 2. The maximum Gasteiger partial charge on any atom is 0.274 e. The van der Waals surface area contributed by atoms with E-state index in [0.717, 1.165) is 23.3 Å². The number of hydrogen-bond acceptors (Lipinski definition) is 4. The van der Waals surface area contributed by atoms with Gasteiger partial charge in [-0.3, -0.25) is 9.89 Å². The lowest BCUT2D eigenvalue weighted by molar-refractivity contribution is 0.871. The van der Waals surface area contributed by atoms with E-state index in [1.807, 2.05) is 50.3 Å². The molecule has 0 aliphatic carbocycles. The molecule has 2 N–H and O–H groups in total. The average molecular weight is 375 g/mol. The normalized spacial score (nSPS) is 12.0. The fourth-order valence-electron chi connectivity index (χ4n) is 2.82. The first-order valence-electron chi connectivity index (χ1n) is 9.29. The molecule has 1 aromatic carbocycles. The monoisotopic (exact) mass is 375 g/mol. The summed E-state index contributed by atoms with van der Waals surface area (Å²) in [7, 11) is 0. The van der Waals surface area contributed by atoms with E-state index in [1.54, 1.807) is 0 Å². The molecule has 0 unspecified atom stereocenters. The molecular weight excluding hydrogens is 350 g/mol. The minimum Gasteiger partial charge on any atom is -0.379 e. The molecule has 0 saturated heterocycles. The second-order valence-electron chi connectivity index (χ2n) is 6.71. The van der Waals surface area contributed by atoms with E-state index in [-0.39, 0.29) is 5.56 Å². The third kappa shape index (κ3) is 4.46. The smallest absolute Gasteiger partial charge is 0.274 e. The summed E-state index contributed by atoms with van der Waals surface area (Å²) in [5.41, 5.74) is 4.61. The van der Waals surface area contributed by atoms with E-state index in [2.05, 4.69) is 40.0 Å². The Kier molecular flexibility index (Phi) is 5.89. The van der Waals surface area contributed by atoms with Crippen LogP contribution in [0.1, 0.15) is 37.9 Å². The maximum atomic E-state index is 12.5. The number of aromatic nitrogens is 4. The van der Waals surface area contributed by atoms with Crippen molar-refractivity contribution in [2.24, 2.45) is 0 Å². The standard InChI is InChI=1S/C22H25N5O/c1-5-17-11-6-7-12-19(17)23-14-18-13-20(28)27-22(24-18)25-21(26-27)16(4)10-8-9-15(2)3/h6-13,23H,2,5,14H2,1,3-4H3,(H,24,25,26)/b9-8-,16-10+. The molecule has 0 aliphatic heterocycles. The molecule has 28 heavy (non-hydrogen) atoms. The van der Waals surface area contributed by atoms with Crippen LogP contribution in [0.2, 0.25) is 0 Å². The molecule has 3 rings (SSSR count). The second-order valence-corrected chi connectivity index (χ2v) is 6.71. The highest BCUT2D eigenvalue weighted by molar-refractivity contribution is 5.60. The van der Waals surface area contributed by atoms with E-state index in [0.29, 0.717) is 23.8 Å². The molecule has 3 aromatic rings. The third-order valence-corrected chi connectivity index (χ3v) is 4.34. The summed E-state index contributed by atoms with van der Waals surface area (Å²) < 4.78 is 1.36. The Morgan fingerprint density at radius 3 is 2.82 bits per heavy atom. The van der Waals surface area contributed by atoms with Crippen molar-refractivity contribution in [3.8, 4) is 0 Å². The number of benzene rings is 1. The van der Waals surface area contributed by atoms with Gasteiger partial charge >= 0.3 is 0 Å². The Morgan fingerprint density at radius 2 is 2.07 bits per heavy atom. The van der Waals surface area contributed by atoms with Crippen molar-refractivity contribution >= 4 is 17.0 Å². The van der Waals surface area contributed by atoms with Crippen LogP contribution >= 0.6 is 0 Å². The van der Waals surface area contributed by atoms with E-state index in [9.17, 15) is 4.79 Å².